The standard InChI is InChI=1S/C14H22N4O.ClH/c1-9-13(8-15-18(9)2)17-14(19)7-10-5-11-3-4-12(6-10)16-11;/h8,10-12,16H,3-7H2,1-2H3,(H,17,19);1H. The number of aromatic nitrogens is 2. The zero-order valence-electron chi connectivity index (χ0n) is 12.1. The van der Waals surface area contributed by atoms with Gasteiger partial charge in [0.05, 0.1) is 17.6 Å². The van der Waals surface area contributed by atoms with Gasteiger partial charge in [-0.15, -0.1) is 12.4 Å². The highest BCUT2D eigenvalue weighted by atomic mass is 35.5. The fourth-order valence-corrected chi connectivity index (χ4v) is 3.43. The van der Waals surface area contributed by atoms with Gasteiger partial charge in [-0.2, -0.15) is 5.10 Å². The van der Waals surface area contributed by atoms with Crippen LogP contribution < -0.4 is 10.6 Å². The van der Waals surface area contributed by atoms with Gasteiger partial charge in [-0.3, -0.25) is 9.48 Å². The molecule has 3 rings (SSSR count). The third-order valence-corrected chi connectivity index (χ3v) is 4.55. The van der Waals surface area contributed by atoms with E-state index in [9.17, 15) is 4.79 Å². The Hall–Kier alpha value is -1.07. The first kappa shape index (κ1) is 15.3. The average Bonchev–Trinajstić information content (AvgIpc) is 2.86. The molecule has 6 heteroatoms. The zero-order chi connectivity index (χ0) is 13.4. The first-order valence-electron chi connectivity index (χ1n) is 7.16. The van der Waals surface area contributed by atoms with E-state index in [1.165, 1.54) is 12.8 Å². The highest BCUT2D eigenvalue weighted by Crippen LogP contribution is 2.32. The predicted octanol–water partition coefficient (Wildman–Crippen LogP) is 2.01. The quantitative estimate of drug-likeness (QED) is 0.897. The monoisotopic (exact) mass is 298 g/mol. The summed E-state index contributed by atoms with van der Waals surface area (Å²) in [5.74, 6) is 0.665. The second-order valence-electron chi connectivity index (χ2n) is 5.99. The van der Waals surface area contributed by atoms with E-state index >= 15 is 0 Å². The Balaban J connectivity index is 0.00000147. The van der Waals surface area contributed by atoms with Gasteiger partial charge in [-0.1, -0.05) is 0 Å². The van der Waals surface area contributed by atoms with Crippen molar-refractivity contribution in [3.05, 3.63) is 11.9 Å². The first-order valence-corrected chi connectivity index (χ1v) is 7.16. The van der Waals surface area contributed by atoms with Crippen molar-refractivity contribution < 1.29 is 4.79 Å². The molecule has 0 aliphatic carbocycles. The summed E-state index contributed by atoms with van der Waals surface area (Å²) in [6.07, 6.45) is 7.23. The van der Waals surface area contributed by atoms with Crippen LogP contribution in [0.5, 0.6) is 0 Å². The van der Waals surface area contributed by atoms with Crippen molar-refractivity contribution in [2.24, 2.45) is 13.0 Å². The summed E-state index contributed by atoms with van der Waals surface area (Å²) < 4.78 is 1.78. The van der Waals surface area contributed by atoms with Crippen LogP contribution in [0.4, 0.5) is 5.69 Å². The molecule has 2 aliphatic heterocycles. The lowest BCUT2D eigenvalue weighted by atomic mass is 9.89. The molecule has 0 saturated carbocycles. The Morgan fingerprint density at radius 3 is 2.65 bits per heavy atom. The molecule has 2 fully saturated rings. The summed E-state index contributed by atoms with van der Waals surface area (Å²) in [7, 11) is 1.88. The van der Waals surface area contributed by atoms with Gasteiger partial charge in [0.2, 0.25) is 5.91 Å². The van der Waals surface area contributed by atoms with Gasteiger partial charge in [-0.25, -0.2) is 0 Å². The number of halogens is 1. The molecule has 2 saturated heterocycles. The minimum Gasteiger partial charge on any atom is -0.323 e. The van der Waals surface area contributed by atoms with Crippen LogP contribution >= 0.6 is 12.4 Å². The van der Waals surface area contributed by atoms with E-state index in [-0.39, 0.29) is 18.3 Å². The first-order chi connectivity index (χ1) is 9.11. The van der Waals surface area contributed by atoms with Gasteiger partial charge in [-0.05, 0) is 38.5 Å². The van der Waals surface area contributed by atoms with Gasteiger partial charge in [0, 0.05) is 25.6 Å². The molecule has 0 radical (unpaired) electrons. The molecule has 2 bridgehead atoms. The fraction of sp³-hybridized carbons (Fsp3) is 0.714. The summed E-state index contributed by atoms with van der Waals surface area (Å²) in [5.41, 5.74) is 1.84. The van der Waals surface area contributed by atoms with Crippen molar-refractivity contribution >= 4 is 24.0 Å². The minimum absolute atomic E-state index is 0. The number of nitrogens with zero attached hydrogens (tertiary/aromatic N) is 2. The molecule has 2 unspecified atom stereocenters. The van der Waals surface area contributed by atoms with Crippen molar-refractivity contribution in [1.82, 2.24) is 15.1 Å². The Morgan fingerprint density at radius 2 is 2.10 bits per heavy atom. The molecule has 2 N–H and O–H groups in total. The smallest absolute Gasteiger partial charge is 0.224 e. The molecule has 0 spiro atoms. The number of hydrogen-bond donors (Lipinski definition) is 2. The van der Waals surface area contributed by atoms with E-state index in [2.05, 4.69) is 15.7 Å². The number of fused-ring (bicyclic) bond motifs is 2. The normalized spacial score (nSPS) is 28.0. The second kappa shape index (κ2) is 6.14. The van der Waals surface area contributed by atoms with Crippen LogP contribution in [0.3, 0.4) is 0 Å². The summed E-state index contributed by atoms with van der Waals surface area (Å²) in [5, 5.41) is 10.7. The highest BCUT2D eigenvalue weighted by molar-refractivity contribution is 5.91. The number of hydrogen-bond acceptors (Lipinski definition) is 3. The third kappa shape index (κ3) is 3.15. The molecule has 0 aromatic carbocycles. The maximum absolute atomic E-state index is 12.1. The third-order valence-electron chi connectivity index (χ3n) is 4.55. The number of aryl methyl sites for hydroxylation is 1. The Morgan fingerprint density at radius 1 is 1.45 bits per heavy atom. The van der Waals surface area contributed by atoms with Crippen molar-refractivity contribution in [3.8, 4) is 0 Å². The van der Waals surface area contributed by atoms with E-state index in [0.29, 0.717) is 24.4 Å². The average molecular weight is 299 g/mol. The number of rotatable bonds is 3. The van der Waals surface area contributed by atoms with Gasteiger partial charge in [0.15, 0.2) is 0 Å². The highest BCUT2D eigenvalue weighted by Gasteiger charge is 2.34. The summed E-state index contributed by atoms with van der Waals surface area (Å²) in [6.45, 7) is 1.97. The molecule has 5 nitrogen and oxygen atoms in total. The topological polar surface area (TPSA) is 59.0 Å². The number of carbonyl (C=O) groups excluding carboxylic acids is 1. The van der Waals surface area contributed by atoms with Crippen molar-refractivity contribution in [2.75, 3.05) is 5.32 Å². The minimum atomic E-state index is 0. The van der Waals surface area contributed by atoms with Gasteiger partial charge in [0.1, 0.15) is 0 Å². The Kier molecular flexibility index (Phi) is 4.70. The van der Waals surface area contributed by atoms with Crippen LogP contribution in [0.1, 0.15) is 37.8 Å². The summed E-state index contributed by atoms with van der Waals surface area (Å²) in [4.78, 5) is 12.1. The van der Waals surface area contributed by atoms with Crippen LogP contribution in [0.15, 0.2) is 6.20 Å². The number of anilines is 1. The molecule has 112 valence electrons. The number of piperidine rings is 1. The van der Waals surface area contributed by atoms with Crippen LogP contribution in [0.25, 0.3) is 0 Å². The molecular formula is C14H23ClN4O. The van der Waals surface area contributed by atoms with Crippen LogP contribution in [0.2, 0.25) is 0 Å². The van der Waals surface area contributed by atoms with Gasteiger partial charge < -0.3 is 10.6 Å². The van der Waals surface area contributed by atoms with E-state index in [1.54, 1.807) is 10.9 Å². The Labute approximate surface area is 125 Å². The van der Waals surface area contributed by atoms with Crippen molar-refractivity contribution in [1.29, 1.82) is 0 Å². The van der Waals surface area contributed by atoms with Crippen LogP contribution in [-0.2, 0) is 11.8 Å². The summed E-state index contributed by atoms with van der Waals surface area (Å²) in [6, 6.07) is 1.30. The van der Waals surface area contributed by atoms with E-state index < -0.39 is 0 Å². The van der Waals surface area contributed by atoms with Crippen LogP contribution in [0, 0.1) is 12.8 Å². The fourth-order valence-electron chi connectivity index (χ4n) is 3.43. The zero-order valence-corrected chi connectivity index (χ0v) is 12.9. The van der Waals surface area contributed by atoms with E-state index in [4.69, 9.17) is 0 Å². The molecule has 1 aromatic rings. The Bertz CT molecular complexity index is 476. The lowest BCUT2D eigenvalue weighted by Gasteiger charge is -2.28. The molecule has 1 aromatic heterocycles. The molecule has 2 atom stereocenters. The van der Waals surface area contributed by atoms with Crippen molar-refractivity contribution in [3.63, 3.8) is 0 Å². The largest absolute Gasteiger partial charge is 0.323 e. The van der Waals surface area contributed by atoms with E-state index in [1.807, 2.05) is 14.0 Å². The number of nitrogens with one attached hydrogen (secondary N) is 2. The molecule has 1 amide bonds. The van der Waals surface area contributed by atoms with Crippen LogP contribution in [-0.4, -0.2) is 27.8 Å². The predicted molar refractivity (Wildman–Crippen MR) is 81.1 cm³/mol. The second-order valence-corrected chi connectivity index (χ2v) is 5.99. The SMILES string of the molecule is Cc1c(NC(=O)CC2CC3CCC(C2)N3)cnn1C.Cl. The van der Waals surface area contributed by atoms with Gasteiger partial charge >= 0.3 is 0 Å². The maximum Gasteiger partial charge on any atom is 0.224 e. The molecule has 3 heterocycles. The lowest BCUT2D eigenvalue weighted by Crippen LogP contribution is -2.39. The van der Waals surface area contributed by atoms with E-state index in [0.717, 1.165) is 24.2 Å². The lowest BCUT2D eigenvalue weighted by molar-refractivity contribution is -0.117. The van der Waals surface area contributed by atoms with Crippen molar-refractivity contribution in [2.45, 2.75) is 51.1 Å². The molecular weight excluding hydrogens is 276 g/mol. The maximum atomic E-state index is 12.1. The summed E-state index contributed by atoms with van der Waals surface area (Å²) >= 11 is 0. The number of amides is 1. The van der Waals surface area contributed by atoms with Gasteiger partial charge in [0.25, 0.3) is 0 Å². The molecule has 20 heavy (non-hydrogen) atoms. The number of carbonyl (C=O) groups is 1. The molecule has 2 aliphatic rings.